The largest absolute Gasteiger partial charge is 0.467 e. The van der Waals surface area contributed by atoms with E-state index in [1.54, 1.807) is 6.26 Å². The number of urea groups is 1. The molecular weight excluding hydrogens is 288 g/mol. The van der Waals surface area contributed by atoms with Crippen LogP contribution in [-0.4, -0.2) is 17.0 Å². The number of amides is 2. The number of fused-ring (bicyclic) bond motifs is 1. The highest BCUT2D eigenvalue weighted by atomic mass is 16.3. The van der Waals surface area contributed by atoms with Crippen molar-refractivity contribution in [3.63, 3.8) is 0 Å². The molecule has 1 aromatic heterocycles. The molecule has 2 aliphatic carbocycles. The van der Waals surface area contributed by atoms with Crippen molar-refractivity contribution in [2.24, 2.45) is 0 Å². The molecule has 0 bridgehead atoms. The lowest BCUT2D eigenvalue weighted by atomic mass is 9.87. The SMILES string of the molecule is O=C(NCc1ccco1)N(C1CC1)C1CCCc2ccccc21. The Balaban J connectivity index is 1.53. The summed E-state index contributed by atoms with van der Waals surface area (Å²) in [6.07, 6.45) is 7.20. The normalized spacial score (nSPS) is 19.9. The molecule has 23 heavy (non-hydrogen) atoms. The molecule has 4 nitrogen and oxygen atoms in total. The molecule has 0 aliphatic heterocycles. The topological polar surface area (TPSA) is 45.5 Å². The molecule has 0 spiro atoms. The van der Waals surface area contributed by atoms with Gasteiger partial charge in [0, 0.05) is 6.04 Å². The van der Waals surface area contributed by atoms with Gasteiger partial charge in [-0.15, -0.1) is 0 Å². The van der Waals surface area contributed by atoms with E-state index >= 15 is 0 Å². The fourth-order valence-electron chi connectivity index (χ4n) is 3.60. The Kier molecular flexibility index (Phi) is 3.82. The van der Waals surface area contributed by atoms with Crippen molar-refractivity contribution < 1.29 is 9.21 Å². The number of carbonyl (C=O) groups excluding carboxylic acids is 1. The van der Waals surface area contributed by atoms with Crippen molar-refractivity contribution in [3.8, 4) is 0 Å². The maximum absolute atomic E-state index is 12.8. The number of aryl methyl sites for hydroxylation is 1. The number of benzene rings is 1. The van der Waals surface area contributed by atoms with Crippen molar-refractivity contribution in [2.75, 3.05) is 0 Å². The molecule has 2 aromatic rings. The van der Waals surface area contributed by atoms with Crippen LogP contribution in [0.4, 0.5) is 4.79 Å². The molecule has 1 heterocycles. The molecule has 4 heteroatoms. The van der Waals surface area contributed by atoms with Crippen molar-refractivity contribution in [1.29, 1.82) is 0 Å². The van der Waals surface area contributed by atoms with E-state index in [4.69, 9.17) is 4.42 Å². The Morgan fingerprint density at radius 1 is 1.17 bits per heavy atom. The minimum Gasteiger partial charge on any atom is -0.467 e. The summed E-state index contributed by atoms with van der Waals surface area (Å²) < 4.78 is 5.31. The van der Waals surface area contributed by atoms with E-state index in [0.29, 0.717) is 12.6 Å². The molecule has 0 saturated heterocycles. The Morgan fingerprint density at radius 3 is 2.83 bits per heavy atom. The van der Waals surface area contributed by atoms with Crippen LogP contribution in [0.2, 0.25) is 0 Å². The standard InChI is InChI=1S/C19H22N2O2/c22-19(20-13-16-7-4-12-23-16)21(15-10-11-15)18-9-3-6-14-5-1-2-8-17(14)18/h1-2,4-5,7-8,12,15,18H,3,6,9-11,13H2,(H,20,22). The van der Waals surface area contributed by atoms with E-state index in [0.717, 1.165) is 37.9 Å². The predicted molar refractivity (Wildman–Crippen MR) is 87.9 cm³/mol. The Morgan fingerprint density at radius 2 is 2.04 bits per heavy atom. The van der Waals surface area contributed by atoms with Crippen LogP contribution in [-0.2, 0) is 13.0 Å². The number of hydrogen-bond donors (Lipinski definition) is 1. The second-order valence-corrected chi connectivity index (χ2v) is 6.48. The number of rotatable bonds is 4. The molecule has 1 fully saturated rings. The maximum Gasteiger partial charge on any atom is 0.318 e. The highest BCUT2D eigenvalue weighted by Gasteiger charge is 2.39. The van der Waals surface area contributed by atoms with Gasteiger partial charge in [-0.05, 0) is 55.4 Å². The van der Waals surface area contributed by atoms with Crippen LogP contribution >= 0.6 is 0 Å². The molecule has 0 radical (unpaired) electrons. The van der Waals surface area contributed by atoms with Crippen LogP contribution in [0.15, 0.2) is 47.1 Å². The maximum atomic E-state index is 12.8. The van der Waals surface area contributed by atoms with E-state index < -0.39 is 0 Å². The van der Waals surface area contributed by atoms with Gasteiger partial charge in [-0.2, -0.15) is 0 Å². The lowest BCUT2D eigenvalue weighted by Crippen LogP contribution is -2.44. The van der Waals surface area contributed by atoms with E-state index in [-0.39, 0.29) is 12.1 Å². The van der Waals surface area contributed by atoms with Crippen LogP contribution in [0.25, 0.3) is 0 Å². The zero-order valence-corrected chi connectivity index (χ0v) is 13.2. The third-order valence-electron chi connectivity index (χ3n) is 4.84. The second-order valence-electron chi connectivity index (χ2n) is 6.48. The number of furan rings is 1. The van der Waals surface area contributed by atoms with E-state index in [1.807, 2.05) is 12.1 Å². The molecule has 2 aliphatic rings. The summed E-state index contributed by atoms with van der Waals surface area (Å²) in [5.74, 6) is 0.790. The number of nitrogens with one attached hydrogen (secondary N) is 1. The Hall–Kier alpha value is -2.23. The Labute approximate surface area is 136 Å². The van der Waals surface area contributed by atoms with Gasteiger partial charge in [-0.25, -0.2) is 4.79 Å². The molecule has 1 aromatic carbocycles. The van der Waals surface area contributed by atoms with Gasteiger partial charge in [-0.3, -0.25) is 0 Å². The smallest absolute Gasteiger partial charge is 0.318 e. The molecule has 4 rings (SSSR count). The zero-order valence-electron chi connectivity index (χ0n) is 13.2. The molecule has 1 N–H and O–H groups in total. The van der Waals surface area contributed by atoms with E-state index in [2.05, 4.69) is 34.5 Å². The first-order chi connectivity index (χ1) is 11.3. The number of carbonyl (C=O) groups is 1. The van der Waals surface area contributed by atoms with Crippen molar-refractivity contribution >= 4 is 6.03 Å². The van der Waals surface area contributed by atoms with Crippen LogP contribution in [0.5, 0.6) is 0 Å². The van der Waals surface area contributed by atoms with Crippen LogP contribution < -0.4 is 5.32 Å². The summed E-state index contributed by atoms with van der Waals surface area (Å²) in [5.41, 5.74) is 2.73. The highest BCUT2D eigenvalue weighted by molar-refractivity contribution is 5.75. The lowest BCUT2D eigenvalue weighted by Gasteiger charge is -2.36. The minimum absolute atomic E-state index is 0.0330. The predicted octanol–water partition coefficient (Wildman–Crippen LogP) is 4.03. The third kappa shape index (κ3) is 2.98. The fraction of sp³-hybridized carbons (Fsp3) is 0.421. The van der Waals surface area contributed by atoms with Crippen molar-refractivity contribution in [1.82, 2.24) is 10.2 Å². The van der Waals surface area contributed by atoms with Gasteiger partial charge in [0.25, 0.3) is 0 Å². The van der Waals surface area contributed by atoms with Gasteiger partial charge >= 0.3 is 6.03 Å². The summed E-state index contributed by atoms with van der Waals surface area (Å²) in [4.78, 5) is 14.9. The number of hydrogen-bond acceptors (Lipinski definition) is 2. The van der Waals surface area contributed by atoms with Gasteiger partial charge < -0.3 is 14.6 Å². The molecule has 120 valence electrons. The first-order valence-electron chi connectivity index (χ1n) is 8.49. The number of nitrogens with zero attached hydrogens (tertiary/aromatic N) is 1. The zero-order chi connectivity index (χ0) is 15.6. The average Bonchev–Trinajstić information content (AvgIpc) is 3.27. The molecule has 1 unspecified atom stereocenters. The minimum atomic E-state index is 0.0330. The van der Waals surface area contributed by atoms with Gasteiger partial charge in [0.05, 0.1) is 18.8 Å². The van der Waals surface area contributed by atoms with Gasteiger partial charge in [0.2, 0.25) is 0 Å². The highest BCUT2D eigenvalue weighted by Crippen LogP contribution is 2.40. The van der Waals surface area contributed by atoms with Gasteiger partial charge in [0.1, 0.15) is 5.76 Å². The quantitative estimate of drug-likeness (QED) is 0.926. The molecule has 2 amide bonds. The first kappa shape index (κ1) is 14.4. The lowest BCUT2D eigenvalue weighted by molar-refractivity contribution is 0.161. The molecule has 1 atom stereocenters. The summed E-state index contributed by atoms with van der Waals surface area (Å²) >= 11 is 0. The third-order valence-corrected chi connectivity index (χ3v) is 4.84. The summed E-state index contributed by atoms with van der Waals surface area (Å²) in [6, 6.07) is 12.9. The van der Waals surface area contributed by atoms with E-state index in [9.17, 15) is 4.79 Å². The summed E-state index contributed by atoms with van der Waals surface area (Å²) in [6.45, 7) is 0.448. The monoisotopic (exact) mass is 310 g/mol. The molecule has 1 saturated carbocycles. The van der Waals surface area contributed by atoms with Crippen LogP contribution in [0, 0.1) is 0 Å². The van der Waals surface area contributed by atoms with E-state index in [1.165, 1.54) is 11.1 Å². The molecular formula is C19H22N2O2. The van der Waals surface area contributed by atoms with Crippen LogP contribution in [0.3, 0.4) is 0 Å². The van der Waals surface area contributed by atoms with Gasteiger partial charge in [-0.1, -0.05) is 24.3 Å². The van der Waals surface area contributed by atoms with Crippen molar-refractivity contribution in [3.05, 3.63) is 59.5 Å². The average molecular weight is 310 g/mol. The summed E-state index contributed by atoms with van der Waals surface area (Å²) in [5, 5.41) is 3.03. The summed E-state index contributed by atoms with van der Waals surface area (Å²) in [7, 11) is 0. The van der Waals surface area contributed by atoms with Crippen molar-refractivity contribution in [2.45, 2.75) is 50.7 Å². The van der Waals surface area contributed by atoms with Gasteiger partial charge in [0.15, 0.2) is 0 Å². The Bertz CT molecular complexity index is 676. The second kappa shape index (κ2) is 6.11. The first-order valence-corrected chi connectivity index (χ1v) is 8.49. The van der Waals surface area contributed by atoms with Crippen LogP contribution in [0.1, 0.15) is 48.6 Å². The fourth-order valence-corrected chi connectivity index (χ4v) is 3.60.